The number of nitrogens with two attached hydrogens (primary N) is 1. The Kier molecular flexibility index (Phi) is 2.83. The lowest BCUT2D eigenvalue weighted by molar-refractivity contribution is 0.399. The van der Waals surface area contributed by atoms with Crippen molar-refractivity contribution in [3.05, 3.63) is 28.2 Å². The number of aromatic nitrogens is 4. The predicted octanol–water partition coefficient (Wildman–Crippen LogP) is 1.84. The van der Waals surface area contributed by atoms with Crippen LogP contribution in [0.15, 0.2) is 18.3 Å². The van der Waals surface area contributed by atoms with Crippen molar-refractivity contribution < 1.29 is 4.74 Å². The van der Waals surface area contributed by atoms with Gasteiger partial charge in [0.2, 0.25) is 11.8 Å². The topological polar surface area (TPSA) is 78.9 Å². The summed E-state index contributed by atoms with van der Waals surface area (Å²) >= 11 is 1.64. The maximum atomic E-state index is 5.95. The Bertz CT molecular complexity index is 733. The van der Waals surface area contributed by atoms with E-state index in [1.165, 1.54) is 4.88 Å². The molecule has 2 N–H and O–H groups in total. The Labute approximate surface area is 113 Å². The third kappa shape index (κ3) is 2.12. The fraction of sp³-hybridized carbons (Fsp3) is 0.250. The van der Waals surface area contributed by atoms with Crippen LogP contribution < -0.4 is 10.5 Å². The number of methoxy groups -OCH3 is 1. The van der Waals surface area contributed by atoms with Crippen LogP contribution >= 0.6 is 11.3 Å². The number of ether oxygens (including phenoxy) is 1. The molecule has 3 rings (SSSR count). The number of rotatable bonds is 3. The van der Waals surface area contributed by atoms with E-state index in [2.05, 4.69) is 15.0 Å². The highest BCUT2D eigenvalue weighted by Crippen LogP contribution is 2.22. The van der Waals surface area contributed by atoms with Crippen molar-refractivity contribution in [2.45, 2.75) is 13.5 Å². The Morgan fingerprint density at radius 1 is 1.37 bits per heavy atom. The van der Waals surface area contributed by atoms with Crippen molar-refractivity contribution in [3.63, 3.8) is 0 Å². The number of anilines is 1. The van der Waals surface area contributed by atoms with Crippen LogP contribution in [0.2, 0.25) is 0 Å². The van der Waals surface area contributed by atoms with Gasteiger partial charge in [-0.25, -0.2) is 9.97 Å². The zero-order chi connectivity index (χ0) is 13.4. The molecule has 0 atom stereocenters. The fourth-order valence-electron chi connectivity index (χ4n) is 1.88. The molecule has 0 unspecified atom stereocenters. The van der Waals surface area contributed by atoms with Gasteiger partial charge < -0.3 is 10.5 Å². The van der Waals surface area contributed by atoms with Gasteiger partial charge in [-0.3, -0.25) is 4.57 Å². The zero-order valence-electron chi connectivity index (χ0n) is 10.6. The smallest absolute Gasteiger partial charge is 0.215 e. The highest BCUT2D eigenvalue weighted by Gasteiger charge is 2.12. The molecule has 3 aromatic heterocycles. The first-order valence-corrected chi connectivity index (χ1v) is 6.57. The number of thiazole rings is 1. The number of nitrogen functional groups attached to an aromatic ring is 1. The minimum Gasteiger partial charge on any atom is -0.481 e. The summed E-state index contributed by atoms with van der Waals surface area (Å²) in [6.45, 7) is 2.60. The summed E-state index contributed by atoms with van der Waals surface area (Å²) in [5.74, 6) is 0.979. The van der Waals surface area contributed by atoms with E-state index in [0.717, 1.165) is 10.5 Å². The monoisotopic (exact) mass is 275 g/mol. The Balaban J connectivity index is 2.08. The standard InChI is InChI=1S/C12H13N5OS/c1-7-5-14-10(19-7)6-17-11-8(15-12(17)13)3-4-9(16-11)18-2/h3-5H,6H2,1-2H3,(H2,13,15). The molecule has 0 fully saturated rings. The quantitative estimate of drug-likeness (QED) is 0.789. The lowest BCUT2D eigenvalue weighted by Crippen LogP contribution is -2.05. The summed E-state index contributed by atoms with van der Waals surface area (Å²) in [7, 11) is 1.59. The fourth-order valence-corrected chi connectivity index (χ4v) is 2.66. The molecule has 3 aromatic rings. The SMILES string of the molecule is COc1ccc2nc(N)n(Cc3ncc(C)s3)c2n1. The van der Waals surface area contributed by atoms with Crippen LogP contribution in [0.5, 0.6) is 5.88 Å². The molecule has 0 aliphatic heterocycles. The van der Waals surface area contributed by atoms with Crippen LogP contribution in [0.25, 0.3) is 11.2 Å². The molecule has 0 bridgehead atoms. The van der Waals surface area contributed by atoms with Gasteiger partial charge in [0.15, 0.2) is 5.65 Å². The second-order valence-corrected chi connectivity index (χ2v) is 5.44. The third-order valence-corrected chi connectivity index (χ3v) is 3.67. The van der Waals surface area contributed by atoms with Crippen LogP contribution in [0.1, 0.15) is 9.88 Å². The molecule has 6 nitrogen and oxygen atoms in total. The van der Waals surface area contributed by atoms with Gasteiger partial charge in [0, 0.05) is 17.1 Å². The Morgan fingerprint density at radius 3 is 2.89 bits per heavy atom. The molecule has 0 aromatic carbocycles. The molecule has 0 spiro atoms. The van der Waals surface area contributed by atoms with Crippen molar-refractivity contribution in [1.29, 1.82) is 0 Å². The van der Waals surface area contributed by atoms with Crippen molar-refractivity contribution in [2.24, 2.45) is 0 Å². The highest BCUT2D eigenvalue weighted by molar-refractivity contribution is 7.11. The minimum atomic E-state index is 0.434. The summed E-state index contributed by atoms with van der Waals surface area (Å²) in [5, 5.41) is 0.980. The van der Waals surface area contributed by atoms with E-state index in [0.29, 0.717) is 24.0 Å². The molecule has 0 saturated heterocycles. The maximum absolute atomic E-state index is 5.95. The molecular formula is C12H13N5OS. The average Bonchev–Trinajstić information content (AvgIpc) is 2.94. The number of hydrogen-bond acceptors (Lipinski definition) is 6. The first-order valence-electron chi connectivity index (χ1n) is 5.75. The van der Waals surface area contributed by atoms with E-state index in [4.69, 9.17) is 10.5 Å². The second kappa shape index (κ2) is 4.51. The van der Waals surface area contributed by atoms with Gasteiger partial charge in [-0.05, 0) is 13.0 Å². The maximum Gasteiger partial charge on any atom is 0.215 e. The van der Waals surface area contributed by atoms with Crippen LogP contribution in [-0.4, -0.2) is 26.6 Å². The normalized spacial score (nSPS) is 11.1. The number of aryl methyl sites for hydroxylation is 1. The van der Waals surface area contributed by atoms with Gasteiger partial charge in [-0.2, -0.15) is 4.98 Å². The number of hydrogen-bond donors (Lipinski definition) is 1. The van der Waals surface area contributed by atoms with Crippen molar-refractivity contribution in [1.82, 2.24) is 19.5 Å². The molecule has 0 amide bonds. The summed E-state index contributed by atoms with van der Waals surface area (Å²) in [6.07, 6.45) is 1.85. The van der Waals surface area contributed by atoms with Crippen LogP contribution in [0.3, 0.4) is 0 Å². The zero-order valence-corrected chi connectivity index (χ0v) is 11.4. The Hall–Kier alpha value is -2.15. The number of pyridine rings is 1. The van der Waals surface area contributed by atoms with E-state index in [-0.39, 0.29) is 0 Å². The molecule has 0 aliphatic carbocycles. The molecule has 19 heavy (non-hydrogen) atoms. The molecule has 3 heterocycles. The highest BCUT2D eigenvalue weighted by atomic mass is 32.1. The van der Waals surface area contributed by atoms with Gasteiger partial charge in [0.1, 0.15) is 10.5 Å². The van der Waals surface area contributed by atoms with Crippen LogP contribution in [0.4, 0.5) is 5.95 Å². The van der Waals surface area contributed by atoms with Crippen molar-refractivity contribution >= 4 is 28.4 Å². The molecule has 0 aliphatic rings. The summed E-state index contributed by atoms with van der Waals surface area (Å²) in [4.78, 5) is 14.2. The van der Waals surface area contributed by atoms with Gasteiger partial charge >= 0.3 is 0 Å². The van der Waals surface area contributed by atoms with E-state index >= 15 is 0 Å². The number of fused-ring (bicyclic) bond motifs is 1. The summed E-state index contributed by atoms with van der Waals surface area (Å²) in [6, 6.07) is 3.62. The van der Waals surface area contributed by atoms with Crippen LogP contribution in [-0.2, 0) is 6.54 Å². The molecule has 0 saturated carbocycles. The number of imidazole rings is 1. The van der Waals surface area contributed by atoms with Gasteiger partial charge in [-0.15, -0.1) is 11.3 Å². The largest absolute Gasteiger partial charge is 0.481 e. The van der Waals surface area contributed by atoms with Gasteiger partial charge in [0.05, 0.1) is 13.7 Å². The third-order valence-electron chi connectivity index (χ3n) is 2.77. The number of nitrogens with zero attached hydrogens (tertiary/aromatic N) is 4. The predicted molar refractivity (Wildman–Crippen MR) is 74.4 cm³/mol. The van der Waals surface area contributed by atoms with Crippen molar-refractivity contribution in [2.75, 3.05) is 12.8 Å². The van der Waals surface area contributed by atoms with Crippen LogP contribution in [0, 0.1) is 6.92 Å². The van der Waals surface area contributed by atoms with Gasteiger partial charge in [-0.1, -0.05) is 0 Å². The van der Waals surface area contributed by atoms with Gasteiger partial charge in [0.25, 0.3) is 0 Å². The van der Waals surface area contributed by atoms with E-state index < -0.39 is 0 Å². The summed E-state index contributed by atoms with van der Waals surface area (Å²) < 4.78 is 6.98. The van der Waals surface area contributed by atoms with Crippen molar-refractivity contribution in [3.8, 4) is 5.88 Å². The minimum absolute atomic E-state index is 0.434. The molecule has 7 heteroatoms. The lowest BCUT2D eigenvalue weighted by Gasteiger charge is -2.04. The lowest BCUT2D eigenvalue weighted by atomic mass is 10.4. The van der Waals surface area contributed by atoms with E-state index in [9.17, 15) is 0 Å². The second-order valence-electron chi connectivity index (χ2n) is 4.12. The first kappa shape index (κ1) is 11.9. The molecule has 0 radical (unpaired) electrons. The van der Waals surface area contributed by atoms with E-state index in [1.807, 2.05) is 23.8 Å². The average molecular weight is 275 g/mol. The molecular weight excluding hydrogens is 262 g/mol. The first-order chi connectivity index (χ1) is 9.17. The van der Waals surface area contributed by atoms with E-state index in [1.54, 1.807) is 24.5 Å². The summed E-state index contributed by atoms with van der Waals surface area (Å²) in [5.41, 5.74) is 7.42. The Morgan fingerprint density at radius 2 is 2.21 bits per heavy atom. The molecule has 98 valence electrons.